The fourth-order valence-electron chi connectivity index (χ4n) is 4.13. The number of aliphatic carboxylic acids is 1. The molecule has 3 rings (SSSR count). The molecule has 0 aliphatic carbocycles. The van der Waals surface area contributed by atoms with Gasteiger partial charge in [-0.3, -0.25) is 13.9 Å². The number of amides is 1. The van der Waals surface area contributed by atoms with E-state index >= 15 is 0 Å². The van der Waals surface area contributed by atoms with Crippen molar-refractivity contribution in [2.75, 3.05) is 0 Å². The Morgan fingerprint density at radius 1 is 1.16 bits per heavy atom. The lowest BCUT2D eigenvalue weighted by Gasteiger charge is -2.41. The molecule has 1 amide bonds. The maximum absolute atomic E-state index is 13.0. The summed E-state index contributed by atoms with van der Waals surface area (Å²) >= 11 is 0. The van der Waals surface area contributed by atoms with E-state index in [1.54, 1.807) is 32.2 Å². The molecule has 37 heavy (non-hydrogen) atoms. The molecule has 2 heterocycles. The van der Waals surface area contributed by atoms with E-state index in [-0.39, 0.29) is 18.8 Å². The molecule has 1 aromatic heterocycles. The summed E-state index contributed by atoms with van der Waals surface area (Å²) in [4.78, 5) is 40.6. The van der Waals surface area contributed by atoms with E-state index in [9.17, 15) is 39.5 Å². The number of hydrogen-bond acceptors (Lipinski definition) is 10. The molecule has 0 saturated carbocycles. The summed E-state index contributed by atoms with van der Waals surface area (Å²) in [5.41, 5.74) is 1.40. The van der Waals surface area contributed by atoms with Crippen molar-refractivity contribution >= 4 is 30.5 Å². The number of carbonyl (C=O) groups is 2. The number of H-pyrrole nitrogens is 1. The molecule has 6 N–H and O–H groups in total. The first-order chi connectivity index (χ1) is 17.3. The first-order valence-corrected chi connectivity index (χ1v) is 13.4. The lowest BCUT2D eigenvalue weighted by molar-refractivity contribution is -0.308. The highest BCUT2D eigenvalue weighted by Crippen LogP contribution is 2.38. The maximum atomic E-state index is 13.0. The van der Waals surface area contributed by atoms with Crippen LogP contribution in [-0.2, 0) is 29.8 Å². The van der Waals surface area contributed by atoms with Crippen LogP contribution in [0, 0.1) is 5.92 Å². The highest BCUT2D eigenvalue weighted by atomic mass is 31.2. The van der Waals surface area contributed by atoms with E-state index in [0.29, 0.717) is 5.56 Å². The molecule has 1 aliphatic heterocycles. The first-order valence-electron chi connectivity index (χ1n) is 11.8. The Hall–Kier alpha value is -2.35. The fraction of sp³-hybridized carbons (Fsp3) is 0.565. The molecule has 1 saturated heterocycles. The average Bonchev–Trinajstić information content (AvgIpc) is 3.22. The third kappa shape index (κ3) is 7.37. The SMILES string of the molecule is CC(C)C[C@@H](NP(=O)([O-])O[C@@H]1O[C@@H](C)[C@H](O)[C@@H](O)[C@H]1O)C(=O)N[C@@H](Cc1c[nH]c2ccccc12)C(=O)[O-]. The van der Waals surface area contributed by atoms with Gasteiger partial charge < -0.3 is 45.2 Å². The molecule has 1 unspecified atom stereocenters. The summed E-state index contributed by atoms with van der Waals surface area (Å²) in [5.74, 6) is -2.66. The first kappa shape index (κ1) is 29.2. The summed E-state index contributed by atoms with van der Waals surface area (Å²) in [5, 5.41) is 46.7. The predicted molar refractivity (Wildman–Crippen MR) is 126 cm³/mol. The molecule has 0 radical (unpaired) electrons. The molecule has 2 aromatic rings. The summed E-state index contributed by atoms with van der Waals surface area (Å²) in [6, 6.07) is 4.31. The maximum Gasteiger partial charge on any atom is 0.238 e. The van der Waals surface area contributed by atoms with Crippen LogP contribution in [0.3, 0.4) is 0 Å². The van der Waals surface area contributed by atoms with Gasteiger partial charge in [-0.15, -0.1) is 0 Å². The van der Waals surface area contributed by atoms with Gasteiger partial charge in [0.1, 0.15) is 18.3 Å². The van der Waals surface area contributed by atoms with Gasteiger partial charge in [0, 0.05) is 23.5 Å². The van der Waals surface area contributed by atoms with E-state index in [0.717, 1.165) is 10.9 Å². The lowest BCUT2D eigenvalue weighted by Crippen LogP contribution is -2.58. The van der Waals surface area contributed by atoms with Crippen molar-refractivity contribution < 1.29 is 48.7 Å². The number of fused-ring (bicyclic) bond motifs is 1. The van der Waals surface area contributed by atoms with Crippen molar-refractivity contribution in [3.63, 3.8) is 0 Å². The summed E-state index contributed by atoms with van der Waals surface area (Å²) in [7, 11) is -5.10. The zero-order chi connectivity index (χ0) is 27.5. The van der Waals surface area contributed by atoms with Gasteiger partial charge in [0.15, 0.2) is 6.29 Å². The average molecular weight is 541 g/mol. The zero-order valence-corrected chi connectivity index (χ0v) is 21.5. The van der Waals surface area contributed by atoms with Crippen molar-refractivity contribution in [1.29, 1.82) is 0 Å². The number of carboxylic acid groups (broad SMARTS) is 1. The number of aliphatic hydroxyl groups is 3. The number of nitrogens with one attached hydrogen (secondary N) is 3. The minimum absolute atomic E-state index is 0.0138. The minimum atomic E-state index is -5.10. The molecule has 1 aromatic carbocycles. The highest BCUT2D eigenvalue weighted by molar-refractivity contribution is 7.49. The second kappa shape index (κ2) is 12.0. The van der Waals surface area contributed by atoms with Crippen molar-refractivity contribution in [2.24, 2.45) is 5.92 Å². The number of benzene rings is 1. The van der Waals surface area contributed by atoms with Crippen LogP contribution in [0.2, 0.25) is 0 Å². The van der Waals surface area contributed by atoms with Crippen molar-refractivity contribution in [2.45, 2.75) is 76.4 Å². The number of aliphatic hydroxyl groups excluding tert-OH is 3. The van der Waals surface area contributed by atoms with E-state index in [1.165, 1.54) is 6.92 Å². The largest absolute Gasteiger partial charge is 0.766 e. The normalized spacial score (nSPS) is 27.5. The van der Waals surface area contributed by atoms with Crippen LogP contribution in [0.1, 0.15) is 32.8 Å². The number of aromatic nitrogens is 1. The molecule has 206 valence electrons. The number of carbonyl (C=O) groups excluding carboxylic acids is 2. The number of ether oxygens (including phenoxy) is 1. The monoisotopic (exact) mass is 541 g/mol. The number of aromatic amines is 1. The third-order valence-electron chi connectivity index (χ3n) is 6.09. The number of rotatable bonds is 11. The van der Waals surface area contributed by atoms with Gasteiger partial charge in [0.2, 0.25) is 13.7 Å². The summed E-state index contributed by atoms with van der Waals surface area (Å²) < 4.78 is 22.7. The van der Waals surface area contributed by atoms with Crippen molar-refractivity contribution in [3.8, 4) is 0 Å². The van der Waals surface area contributed by atoms with Crippen LogP contribution in [-0.4, -0.2) is 75.0 Å². The zero-order valence-electron chi connectivity index (χ0n) is 20.6. The molecule has 0 spiro atoms. The van der Waals surface area contributed by atoms with E-state index in [4.69, 9.17) is 9.26 Å². The number of carboxylic acids is 1. The Labute approximate surface area is 213 Å². The van der Waals surface area contributed by atoms with Crippen molar-refractivity contribution in [1.82, 2.24) is 15.4 Å². The summed E-state index contributed by atoms with van der Waals surface area (Å²) in [6.45, 7) is 4.81. The van der Waals surface area contributed by atoms with E-state index < -0.39 is 62.4 Å². The summed E-state index contributed by atoms with van der Waals surface area (Å²) in [6.07, 6.45) is -6.47. The Balaban J connectivity index is 1.72. The van der Waals surface area contributed by atoms with Crippen LogP contribution in [0.15, 0.2) is 30.5 Å². The Morgan fingerprint density at radius 2 is 1.84 bits per heavy atom. The molecule has 8 atom stereocenters. The van der Waals surface area contributed by atoms with E-state index in [1.807, 2.05) is 12.1 Å². The number of hydrogen-bond donors (Lipinski definition) is 6. The standard InChI is InChI=1S/C23H34N3O10P/c1-11(2)8-16(26-37(33,34)36-23-20(29)19(28)18(27)12(3)35-23)21(30)25-17(22(31)32)9-13-10-24-15-7-5-4-6-14(13)15/h4-7,10-12,16-20,23-24,27-29H,8-9H2,1-3H3,(H,25,30)(H,31,32)(H2,26,33,34)/p-2/t12-,16+,17-,18-,19+,20+,23-/m0/s1. The highest BCUT2D eigenvalue weighted by Gasteiger charge is 2.44. The van der Waals surface area contributed by atoms with Crippen LogP contribution in [0.4, 0.5) is 0 Å². The van der Waals surface area contributed by atoms with Gasteiger partial charge >= 0.3 is 0 Å². The molecule has 1 aliphatic rings. The van der Waals surface area contributed by atoms with Crippen LogP contribution in [0.5, 0.6) is 0 Å². The van der Waals surface area contributed by atoms with Crippen molar-refractivity contribution in [3.05, 3.63) is 36.0 Å². The van der Waals surface area contributed by atoms with Gasteiger partial charge in [-0.2, -0.15) is 0 Å². The molecule has 0 bridgehead atoms. The predicted octanol–water partition coefficient (Wildman–Crippen LogP) is -1.74. The lowest BCUT2D eigenvalue weighted by atomic mass is 10.0. The smallest absolute Gasteiger partial charge is 0.238 e. The second-order valence-corrected chi connectivity index (χ2v) is 11.0. The minimum Gasteiger partial charge on any atom is -0.766 e. The van der Waals surface area contributed by atoms with Gasteiger partial charge in [-0.1, -0.05) is 32.0 Å². The Morgan fingerprint density at radius 3 is 2.49 bits per heavy atom. The molecular formula is C23H32N3O10P-2. The topological polar surface area (TPSA) is 216 Å². The van der Waals surface area contributed by atoms with Crippen LogP contribution >= 0.6 is 7.75 Å². The van der Waals surface area contributed by atoms with E-state index in [2.05, 4.69) is 15.4 Å². The van der Waals surface area contributed by atoms with Crippen LogP contribution in [0.25, 0.3) is 10.9 Å². The Kier molecular flexibility index (Phi) is 9.48. The van der Waals surface area contributed by atoms with Gasteiger partial charge in [0.05, 0.1) is 24.2 Å². The Bertz CT molecular complexity index is 1140. The van der Waals surface area contributed by atoms with Gasteiger partial charge in [-0.05, 0) is 30.9 Å². The quantitative estimate of drug-likeness (QED) is 0.176. The second-order valence-electron chi connectivity index (χ2n) is 9.54. The third-order valence-corrected chi connectivity index (χ3v) is 7.20. The molecular weight excluding hydrogens is 509 g/mol. The number of para-hydroxylation sites is 1. The van der Waals surface area contributed by atoms with Gasteiger partial charge in [0.25, 0.3) is 0 Å². The molecule has 13 nitrogen and oxygen atoms in total. The van der Waals surface area contributed by atoms with Gasteiger partial charge in [-0.25, -0.2) is 5.09 Å². The van der Waals surface area contributed by atoms with Crippen LogP contribution < -0.4 is 20.4 Å². The fourth-order valence-corrected chi connectivity index (χ4v) is 5.25. The molecule has 14 heteroatoms. The molecule has 1 fully saturated rings.